The van der Waals surface area contributed by atoms with Crippen molar-refractivity contribution in [3.05, 3.63) is 47.5 Å². The smallest absolute Gasteiger partial charge is 0.264 e. The highest BCUT2D eigenvalue weighted by Gasteiger charge is 2.20. The van der Waals surface area contributed by atoms with Gasteiger partial charge in [-0.2, -0.15) is 0 Å². The van der Waals surface area contributed by atoms with Crippen molar-refractivity contribution in [3.8, 4) is 0 Å². The second-order valence-corrected chi connectivity index (χ2v) is 5.67. The van der Waals surface area contributed by atoms with Gasteiger partial charge < -0.3 is 5.73 Å². The van der Waals surface area contributed by atoms with E-state index in [1.54, 1.807) is 0 Å². The van der Waals surface area contributed by atoms with Gasteiger partial charge in [0.2, 0.25) is 0 Å². The molecule has 0 atom stereocenters. The molecule has 0 radical (unpaired) electrons. The summed E-state index contributed by atoms with van der Waals surface area (Å²) in [5, 5.41) is 0.175. The van der Waals surface area contributed by atoms with E-state index >= 15 is 0 Å². The summed E-state index contributed by atoms with van der Waals surface area (Å²) in [4.78, 5) is 3.39. The molecular formula is C11H9ClFN3O2S. The minimum atomic E-state index is -4.03. The van der Waals surface area contributed by atoms with Crippen LogP contribution in [-0.4, -0.2) is 13.4 Å². The zero-order chi connectivity index (χ0) is 14.0. The number of nitrogen functional groups attached to an aromatic ring is 1. The van der Waals surface area contributed by atoms with Crippen LogP contribution in [0.5, 0.6) is 0 Å². The number of hydrogen-bond acceptors (Lipinski definition) is 4. The lowest BCUT2D eigenvalue weighted by atomic mass is 10.3. The van der Waals surface area contributed by atoms with Crippen LogP contribution in [0.15, 0.2) is 41.6 Å². The molecule has 5 nitrogen and oxygen atoms in total. The Hall–Kier alpha value is -1.86. The number of nitrogens with two attached hydrogens (primary N) is 1. The van der Waals surface area contributed by atoms with Gasteiger partial charge in [-0.1, -0.05) is 17.7 Å². The molecule has 0 aliphatic heterocycles. The Bertz CT molecular complexity index is 722. The summed E-state index contributed by atoms with van der Waals surface area (Å²) in [6, 6.07) is 4.95. The highest BCUT2D eigenvalue weighted by molar-refractivity contribution is 7.92. The van der Waals surface area contributed by atoms with Crippen LogP contribution in [-0.2, 0) is 10.0 Å². The van der Waals surface area contributed by atoms with Gasteiger partial charge in [0.15, 0.2) is 0 Å². The van der Waals surface area contributed by atoms with Gasteiger partial charge in [0, 0.05) is 6.20 Å². The summed E-state index contributed by atoms with van der Waals surface area (Å²) in [7, 11) is -4.03. The summed E-state index contributed by atoms with van der Waals surface area (Å²) < 4.78 is 39.6. The summed E-state index contributed by atoms with van der Waals surface area (Å²) in [6.45, 7) is 0. The highest BCUT2D eigenvalue weighted by Crippen LogP contribution is 2.26. The van der Waals surface area contributed by atoms with Crippen molar-refractivity contribution >= 4 is 33.0 Å². The predicted octanol–water partition coefficient (Wildman–Crippen LogP) is 2.26. The molecule has 3 N–H and O–H groups in total. The monoisotopic (exact) mass is 301 g/mol. The van der Waals surface area contributed by atoms with E-state index in [1.807, 2.05) is 0 Å². The SMILES string of the molecule is Nc1c(F)cccc1S(=O)(=O)Nc1cnccc1Cl. The summed E-state index contributed by atoms with van der Waals surface area (Å²) in [5.74, 6) is -0.805. The fourth-order valence-corrected chi connectivity index (χ4v) is 2.82. The molecule has 0 saturated carbocycles. The first-order valence-electron chi connectivity index (χ1n) is 5.08. The maximum absolute atomic E-state index is 13.3. The maximum atomic E-state index is 13.3. The molecule has 0 unspecified atom stereocenters. The number of nitrogens with zero attached hydrogens (tertiary/aromatic N) is 1. The van der Waals surface area contributed by atoms with Crippen molar-refractivity contribution in [1.29, 1.82) is 0 Å². The molecule has 2 aromatic rings. The van der Waals surface area contributed by atoms with Gasteiger partial charge in [-0.15, -0.1) is 0 Å². The summed E-state index contributed by atoms with van der Waals surface area (Å²) in [5.41, 5.74) is 5.06. The Morgan fingerprint density at radius 2 is 2.05 bits per heavy atom. The molecule has 8 heteroatoms. The molecule has 1 aromatic carbocycles. The Morgan fingerprint density at radius 1 is 1.32 bits per heavy atom. The zero-order valence-corrected chi connectivity index (χ0v) is 11.0. The molecule has 1 heterocycles. The lowest BCUT2D eigenvalue weighted by Crippen LogP contribution is -2.15. The highest BCUT2D eigenvalue weighted by atomic mass is 35.5. The van der Waals surface area contributed by atoms with Gasteiger partial charge in [-0.25, -0.2) is 12.8 Å². The molecular weight excluding hydrogens is 293 g/mol. The number of pyridine rings is 1. The van der Waals surface area contributed by atoms with Crippen LogP contribution in [0.25, 0.3) is 0 Å². The van der Waals surface area contributed by atoms with Crippen LogP contribution in [0.3, 0.4) is 0 Å². The van der Waals surface area contributed by atoms with Crippen molar-refractivity contribution in [3.63, 3.8) is 0 Å². The second-order valence-electron chi connectivity index (χ2n) is 3.61. The van der Waals surface area contributed by atoms with E-state index in [2.05, 4.69) is 9.71 Å². The summed E-state index contributed by atoms with van der Waals surface area (Å²) >= 11 is 5.82. The third kappa shape index (κ3) is 2.77. The average Bonchev–Trinajstić information content (AvgIpc) is 2.35. The van der Waals surface area contributed by atoms with Gasteiger partial charge in [0.25, 0.3) is 10.0 Å². The maximum Gasteiger partial charge on any atom is 0.264 e. The molecule has 0 aliphatic rings. The van der Waals surface area contributed by atoms with E-state index in [0.717, 1.165) is 6.07 Å². The molecule has 19 heavy (non-hydrogen) atoms. The standard InChI is InChI=1S/C11H9ClFN3O2S/c12-7-4-5-15-6-9(7)16-19(17,18)10-3-1-2-8(13)11(10)14/h1-6,16H,14H2. The van der Waals surface area contributed by atoms with Crippen molar-refractivity contribution in [1.82, 2.24) is 4.98 Å². The second kappa shape index (κ2) is 5.02. The minimum absolute atomic E-state index is 0.0906. The third-order valence-electron chi connectivity index (χ3n) is 2.31. The first-order valence-corrected chi connectivity index (χ1v) is 6.94. The average molecular weight is 302 g/mol. The van der Waals surface area contributed by atoms with Gasteiger partial charge in [-0.3, -0.25) is 9.71 Å². The van der Waals surface area contributed by atoms with E-state index in [9.17, 15) is 12.8 Å². The largest absolute Gasteiger partial charge is 0.395 e. The van der Waals surface area contributed by atoms with Crippen molar-refractivity contribution < 1.29 is 12.8 Å². The number of hydrogen-bond donors (Lipinski definition) is 2. The van der Waals surface area contributed by atoms with E-state index in [-0.39, 0.29) is 15.6 Å². The fraction of sp³-hybridized carbons (Fsp3) is 0. The first-order chi connectivity index (χ1) is 8.92. The molecule has 0 spiro atoms. The number of para-hydroxylation sites is 1. The Kier molecular flexibility index (Phi) is 3.59. The molecule has 0 aliphatic carbocycles. The van der Waals surface area contributed by atoms with Crippen molar-refractivity contribution in [2.45, 2.75) is 4.90 Å². The van der Waals surface area contributed by atoms with Crippen LogP contribution in [0.1, 0.15) is 0 Å². The lowest BCUT2D eigenvalue weighted by Gasteiger charge is -2.11. The van der Waals surface area contributed by atoms with Gasteiger partial charge in [0.1, 0.15) is 10.7 Å². The Morgan fingerprint density at radius 3 is 2.74 bits per heavy atom. The van der Waals surface area contributed by atoms with Gasteiger partial charge in [-0.05, 0) is 18.2 Å². The lowest BCUT2D eigenvalue weighted by molar-refractivity contribution is 0.597. The van der Waals surface area contributed by atoms with Gasteiger partial charge >= 0.3 is 0 Å². The number of halogens is 2. The quantitative estimate of drug-likeness (QED) is 0.852. The zero-order valence-electron chi connectivity index (χ0n) is 9.47. The summed E-state index contributed by atoms with van der Waals surface area (Å²) in [6.07, 6.45) is 2.66. The third-order valence-corrected chi connectivity index (χ3v) is 4.07. The molecule has 2 rings (SSSR count). The number of anilines is 2. The first kappa shape index (κ1) is 13.6. The number of benzene rings is 1. The molecule has 0 saturated heterocycles. The van der Waals surface area contributed by atoms with E-state index < -0.39 is 21.5 Å². The van der Waals surface area contributed by atoms with E-state index in [0.29, 0.717) is 0 Å². The van der Waals surface area contributed by atoms with Gasteiger partial charge in [0.05, 0.1) is 22.6 Å². The minimum Gasteiger partial charge on any atom is -0.395 e. The van der Waals surface area contributed by atoms with Crippen molar-refractivity contribution in [2.75, 3.05) is 10.5 Å². The number of aromatic nitrogens is 1. The fourth-order valence-electron chi connectivity index (χ4n) is 1.40. The number of sulfonamides is 1. The molecule has 0 fully saturated rings. The Labute approximate surface area is 114 Å². The van der Waals surface area contributed by atoms with Crippen LogP contribution in [0.2, 0.25) is 5.02 Å². The molecule has 100 valence electrons. The van der Waals surface area contributed by atoms with E-state index in [4.69, 9.17) is 17.3 Å². The molecule has 1 aromatic heterocycles. The molecule has 0 bridgehead atoms. The normalized spacial score (nSPS) is 11.3. The van der Waals surface area contributed by atoms with Crippen molar-refractivity contribution in [2.24, 2.45) is 0 Å². The molecule has 0 amide bonds. The van der Waals surface area contributed by atoms with Crippen LogP contribution in [0, 0.1) is 5.82 Å². The Balaban J connectivity index is 2.44. The number of nitrogens with one attached hydrogen (secondary N) is 1. The van der Waals surface area contributed by atoms with E-state index in [1.165, 1.54) is 30.6 Å². The van der Waals surface area contributed by atoms with Crippen LogP contribution < -0.4 is 10.5 Å². The van der Waals surface area contributed by atoms with Crippen LogP contribution in [0.4, 0.5) is 15.8 Å². The topological polar surface area (TPSA) is 85.1 Å². The van der Waals surface area contributed by atoms with Crippen LogP contribution >= 0.6 is 11.6 Å². The number of rotatable bonds is 3. The predicted molar refractivity (Wildman–Crippen MR) is 70.9 cm³/mol.